The van der Waals surface area contributed by atoms with E-state index in [-0.39, 0.29) is 0 Å². The topological polar surface area (TPSA) is 58.2 Å². The fourth-order valence-corrected chi connectivity index (χ4v) is 2.74. The molecule has 0 radical (unpaired) electrons. The van der Waals surface area contributed by atoms with Crippen molar-refractivity contribution >= 4 is 10.0 Å². The smallest absolute Gasteiger partial charge is 0.240 e. The molecule has 0 heterocycles. The minimum absolute atomic E-state index is 0.336. The fourth-order valence-electron chi connectivity index (χ4n) is 1.66. The SMILES string of the molecule is CCCCNS(=O)(=O)c1ccc(CNCCC)cc1. The number of sulfonamides is 1. The molecule has 1 aromatic carbocycles. The van der Waals surface area contributed by atoms with E-state index < -0.39 is 10.0 Å². The summed E-state index contributed by atoms with van der Waals surface area (Å²) in [5.74, 6) is 0. The van der Waals surface area contributed by atoms with Gasteiger partial charge in [-0.3, -0.25) is 0 Å². The number of rotatable bonds is 9. The molecule has 2 N–H and O–H groups in total. The largest absolute Gasteiger partial charge is 0.313 e. The summed E-state index contributed by atoms with van der Waals surface area (Å²) in [4.78, 5) is 0.336. The van der Waals surface area contributed by atoms with E-state index in [9.17, 15) is 8.42 Å². The van der Waals surface area contributed by atoms with Crippen LogP contribution in [-0.2, 0) is 16.6 Å². The van der Waals surface area contributed by atoms with Gasteiger partial charge in [-0.25, -0.2) is 13.1 Å². The Morgan fingerprint density at radius 1 is 1.00 bits per heavy atom. The van der Waals surface area contributed by atoms with E-state index in [2.05, 4.69) is 17.0 Å². The maximum absolute atomic E-state index is 12.0. The van der Waals surface area contributed by atoms with Crippen LogP contribution in [0.1, 0.15) is 38.7 Å². The second kappa shape index (κ2) is 8.30. The summed E-state index contributed by atoms with van der Waals surface area (Å²) >= 11 is 0. The first kappa shape index (κ1) is 16.1. The lowest BCUT2D eigenvalue weighted by molar-refractivity contribution is 0.578. The molecule has 1 aromatic rings. The van der Waals surface area contributed by atoms with Gasteiger partial charge in [0.25, 0.3) is 0 Å². The van der Waals surface area contributed by atoms with Crippen LogP contribution < -0.4 is 10.0 Å². The zero-order chi connectivity index (χ0) is 14.1. The molecule has 0 bridgehead atoms. The van der Waals surface area contributed by atoms with Crippen molar-refractivity contribution in [2.24, 2.45) is 0 Å². The van der Waals surface area contributed by atoms with Crippen LogP contribution in [0.15, 0.2) is 29.2 Å². The van der Waals surface area contributed by atoms with Crippen molar-refractivity contribution in [3.63, 3.8) is 0 Å². The van der Waals surface area contributed by atoms with Gasteiger partial charge in [-0.1, -0.05) is 32.4 Å². The Kier molecular flexibility index (Phi) is 7.05. The van der Waals surface area contributed by atoms with Crippen LogP contribution in [0.2, 0.25) is 0 Å². The fraction of sp³-hybridized carbons (Fsp3) is 0.571. The van der Waals surface area contributed by atoms with E-state index in [1.54, 1.807) is 12.1 Å². The number of hydrogen-bond acceptors (Lipinski definition) is 3. The Morgan fingerprint density at radius 2 is 1.68 bits per heavy atom. The van der Waals surface area contributed by atoms with E-state index >= 15 is 0 Å². The van der Waals surface area contributed by atoms with Gasteiger partial charge in [0.15, 0.2) is 0 Å². The van der Waals surface area contributed by atoms with Crippen LogP contribution in [0, 0.1) is 0 Å². The molecule has 4 nitrogen and oxygen atoms in total. The maximum atomic E-state index is 12.0. The van der Waals surface area contributed by atoms with Crippen LogP contribution in [0.4, 0.5) is 0 Å². The van der Waals surface area contributed by atoms with Crippen LogP contribution in [-0.4, -0.2) is 21.5 Å². The Hall–Kier alpha value is -0.910. The molecular formula is C14H24N2O2S. The molecule has 0 unspecified atom stereocenters. The third kappa shape index (κ3) is 5.72. The summed E-state index contributed by atoms with van der Waals surface area (Å²) in [5.41, 5.74) is 1.10. The van der Waals surface area contributed by atoms with Crippen LogP contribution in [0.25, 0.3) is 0 Å². The van der Waals surface area contributed by atoms with E-state index in [0.29, 0.717) is 11.4 Å². The van der Waals surface area contributed by atoms with Gasteiger partial charge in [-0.2, -0.15) is 0 Å². The summed E-state index contributed by atoms with van der Waals surface area (Å²) in [6, 6.07) is 7.04. The number of nitrogens with one attached hydrogen (secondary N) is 2. The molecule has 0 spiro atoms. The minimum atomic E-state index is -3.34. The maximum Gasteiger partial charge on any atom is 0.240 e. The number of unbranched alkanes of at least 4 members (excludes halogenated alkanes) is 1. The zero-order valence-electron chi connectivity index (χ0n) is 11.8. The van der Waals surface area contributed by atoms with Crippen molar-refractivity contribution in [3.05, 3.63) is 29.8 Å². The number of hydrogen-bond donors (Lipinski definition) is 2. The molecule has 108 valence electrons. The van der Waals surface area contributed by atoms with E-state index in [1.807, 2.05) is 19.1 Å². The molecule has 1 rings (SSSR count). The molecule has 0 aliphatic carbocycles. The lowest BCUT2D eigenvalue weighted by Crippen LogP contribution is -2.24. The lowest BCUT2D eigenvalue weighted by atomic mass is 10.2. The van der Waals surface area contributed by atoms with Crippen LogP contribution in [0.3, 0.4) is 0 Å². The molecule has 0 atom stereocenters. The van der Waals surface area contributed by atoms with Crippen molar-refractivity contribution in [1.29, 1.82) is 0 Å². The molecule has 0 aliphatic heterocycles. The zero-order valence-corrected chi connectivity index (χ0v) is 12.6. The molecule has 5 heteroatoms. The average Bonchev–Trinajstić information content (AvgIpc) is 2.40. The highest BCUT2D eigenvalue weighted by atomic mass is 32.2. The van der Waals surface area contributed by atoms with Crippen molar-refractivity contribution in [2.45, 2.75) is 44.6 Å². The Labute approximate surface area is 116 Å². The Bertz CT molecular complexity index is 455. The predicted octanol–water partition coefficient (Wildman–Crippen LogP) is 2.26. The van der Waals surface area contributed by atoms with Crippen molar-refractivity contribution in [3.8, 4) is 0 Å². The quantitative estimate of drug-likeness (QED) is 0.684. The van der Waals surface area contributed by atoms with Gasteiger partial charge < -0.3 is 5.32 Å². The monoisotopic (exact) mass is 284 g/mol. The summed E-state index contributed by atoms with van der Waals surface area (Å²) in [7, 11) is -3.34. The highest BCUT2D eigenvalue weighted by Crippen LogP contribution is 2.10. The first-order valence-electron chi connectivity index (χ1n) is 6.89. The summed E-state index contributed by atoms with van der Waals surface area (Å²) in [5, 5.41) is 3.29. The molecule has 19 heavy (non-hydrogen) atoms. The average molecular weight is 284 g/mol. The predicted molar refractivity (Wildman–Crippen MR) is 78.5 cm³/mol. The third-order valence-corrected chi connectivity index (χ3v) is 4.29. The minimum Gasteiger partial charge on any atom is -0.313 e. The normalized spacial score (nSPS) is 11.7. The van der Waals surface area contributed by atoms with Gasteiger partial charge in [-0.15, -0.1) is 0 Å². The second-order valence-electron chi connectivity index (χ2n) is 4.57. The highest BCUT2D eigenvalue weighted by Gasteiger charge is 2.12. The highest BCUT2D eigenvalue weighted by molar-refractivity contribution is 7.89. The molecule has 0 amide bonds. The second-order valence-corrected chi connectivity index (χ2v) is 6.34. The molecule has 0 saturated carbocycles. The van der Waals surface area contributed by atoms with E-state index in [0.717, 1.165) is 37.9 Å². The van der Waals surface area contributed by atoms with Gasteiger partial charge in [0.1, 0.15) is 0 Å². The molecule has 0 fully saturated rings. The first-order valence-corrected chi connectivity index (χ1v) is 8.37. The molecule has 0 aliphatic rings. The van der Waals surface area contributed by atoms with Crippen molar-refractivity contribution in [2.75, 3.05) is 13.1 Å². The third-order valence-electron chi connectivity index (χ3n) is 2.81. The van der Waals surface area contributed by atoms with Gasteiger partial charge in [0, 0.05) is 13.1 Å². The van der Waals surface area contributed by atoms with Crippen LogP contribution >= 0.6 is 0 Å². The summed E-state index contributed by atoms with van der Waals surface area (Å²) in [6.07, 6.45) is 2.93. The standard InChI is InChI=1S/C14H24N2O2S/c1-3-5-11-16-19(17,18)14-8-6-13(7-9-14)12-15-10-4-2/h6-9,15-16H,3-5,10-12H2,1-2H3. The van der Waals surface area contributed by atoms with E-state index in [4.69, 9.17) is 0 Å². The molecule has 0 aromatic heterocycles. The Balaban J connectivity index is 2.59. The number of benzene rings is 1. The van der Waals surface area contributed by atoms with Crippen LogP contribution in [0.5, 0.6) is 0 Å². The summed E-state index contributed by atoms with van der Waals surface area (Å²) in [6.45, 7) is 6.39. The lowest BCUT2D eigenvalue weighted by Gasteiger charge is -2.07. The van der Waals surface area contributed by atoms with E-state index in [1.165, 1.54) is 0 Å². The van der Waals surface area contributed by atoms with Crippen molar-refractivity contribution in [1.82, 2.24) is 10.0 Å². The Morgan fingerprint density at radius 3 is 2.26 bits per heavy atom. The van der Waals surface area contributed by atoms with Gasteiger partial charge in [0.2, 0.25) is 10.0 Å². The summed E-state index contributed by atoms with van der Waals surface area (Å²) < 4.78 is 26.5. The first-order chi connectivity index (χ1) is 9.10. The molecule has 0 saturated heterocycles. The van der Waals surface area contributed by atoms with Crippen molar-refractivity contribution < 1.29 is 8.42 Å². The molecular weight excluding hydrogens is 260 g/mol. The van der Waals surface area contributed by atoms with Gasteiger partial charge >= 0.3 is 0 Å². The van der Waals surface area contributed by atoms with Gasteiger partial charge in [-0.05, 0) is 37.1 Å². The van der Waals surface area contributed by atoms with Gasteiger partial charge in [0.05, 0.1) is 4.90 Å².